The number of hydrogen-bond donors (Lipinski definition) is 3. The number of amides is 3. The number of sulfonamides is 1. The lowest BCUT2D eigenvalue weighted by atomic mass is 9.93. The van der Waals surface area contributed by atoms with Crippen LogP contribution in [-0.2, 0) is 79.6 Å². The van der Waals surface area contributed by atoms with Crippen LogP contribution in [0.25, 0.3) is 22.0 Å². The molecular weight excluding hydrogens is 1190 g/mol. The third kappa shape index (κ3) is 13.9. The second-order valence-corrected chi connectivity index (χ2v) is 25.1. The molecule has 1 saturated heterocycles. The Morgan fingerprint density at radius 1 is 0.988 bits per heavy atom. The number of urea groups is 1. The highest BCUT2D eigenvalue weighted by molar-refractivity contribution is 7.93. The lowest BCUT2D eigenvalue weighted by Gasteiger charge is -2.36. The van der Waals surface area contributed by atoms with E-state index in [0.29, 0.717) is 17.2 Å². The van der Waals surface area contributed by atoms with Crippen LogP contribution < -0.4 is 9.62 Å². The maximum atomic E-state index is 15.5. The Kier molecular flexibility index (Phi) is 17.2. The van der Waals surface area contributed by atoms with E-state index in [1.807, 2.05) is 0 Å². The second kappa shape index (κ2) is 22.4. The molecule has 0 bridgehead atoms. The average Bonchev–Trinajstić information content (AvgIpc) is 3.96. The number of carbonyl (C=O) groups excluding carboxylic acids is 3. The molecule has 1 aliphatic carbocycles. The summed E-state index contributed by atoms with van der Waals surface area (Å²) in [7, 11) is -14.3. The van der Waals surface area contributed by atoms with Gasteiger partial charge in [0, 0.05) is 42.0 Å². The van der Waals surface area contributed by atoms with Crippen LogP contribution in [-0.4, -0.2) is 130 Å². The summed E-state index contributed by atoms with van der Waals surface area (Å²) in [6.45, 7) is -3.16. The molecule has 1 fully saturated rings. The smallest absolute Gasteiger partial charge is 0.436 e. The average molecular weight is 1240 g/mol. The fourth-order valence-electron chi connectivity index (χ4n) is 8.83. The zero-order valence-corrected chi connectivity index (χ0v) is 45.7. The number of phosphoric ester groups is 1. The van der Waals surface area contributed by atoms with Crippen LogP contribution in [0.3, 0.4) is 0 Å². The molecule has 21 nitrogen and oxygen atoms in total. The first-order valence-electron chi connectivity index (χ1n) is 23.2. The summed E-state index contributed by atoms with van der Waals surface area (Å²) in [5.41, 5.74) is -6.77. The molecule has 3 atom stereocenters. The van der Waals surface area contributed by atoms with Crippen molar-refractivity contribution in [3.63, 3.8) is 0 Å². The number of halogens is 11. The third-order valence-electron chi connectivity index (χ3n) is 12.5. The van der Waals surface area contributed by atoms with E-state index in [0.717, 1.165) is 49.6 Å². The summed E-state index contributed by atoms with van der Waals surface area (Å²) < 4.78 is 225. The van der Waals surface area contributed by atoms with Gasteiger partial charge in [-0.25, -0.2) is 49.3 Å². The highest BCUT2D eigenvalue weighted by atomic mass is 35.5. The van der Waals surface area contributed by atoms with Crippen LogP contribution in [0, 0.1) is 23.5 Å². The number of nitrogens with one attached hydrogen (secondary N) is 1. The first-order valence-corrected chi connectivity index (χ1v) is 28.9. The van der Waals surface area contributed by atoms with Gasteiger partial charge in [-0.2, -0.15) is 49.6 Å². The standard InChI is InChI=1S/C46H44ClF10N8O13PS2/c1-23-18-44(50,51)39-34(23)38(46(55,56)57)60-63(39)19-33(66)59-31(16-24-14-25(48)17-26(49)15-24)36-28(7-6-27(58-36)10-11-43(2,3)80(4,72)73)29-8-9-30(47)35-37(29)64(21-45(52,53)54)61-40(35)65(81(5,74)75)42(68)62-12-13-76-20-32(62)41(67)77-22-78-79(69,70)71/h6-9,14-15,17,23,31-32H,12-13,16,18-22H2,1-5H3,(H,59,66)(H2,69,70,71)/t23-,31-,32-/m0/s1. The van der Waals surface area contributed by atoms with E-state index in [2.05, 4.69) is 36.9 Å². The lowest BCUT2D eigenvalue weighted by molar-refractivity contribution is -0.161. The molecule has 0 radical (unpaired) electrons. The number of alkyl halides is 8. The summed E-state index contributed by atoms with van der Waals surface area (Å²) in [4.78, 5) is 65.1. The van der Waals surface area contributed by atoms with Crippen LogP contribution in [0.1, 0.15) is 73.1 Å². The monoisotopic (exact) mass is 1240 g/mol. The molecule has 4 heterocycles. The summed E-state index contributed by atoms with van der Waals surface area (Å²) >= 11 is 6.70. The molecule has 3 aromatic heterocycles. The largest absolute Gasteiger partial charge is 0.472 e. The first-order chi connectivity index (χ1) is 37.2. The number of esters is 1. The Bertz CT molecular complexity index is 3680. The molecule has 0 spiro atoms. The fourth-order valence-corrected chi connectivity index (χ4v) is 10.3. The van der Waals surface area contributed by atoms with Gasteiger partial charge in [0.05, 0.1) is 47.1 Å². The number of morpholine rings is 1. The van der Waals surface area contributed by atoms with Gasteiger partial charge in [-0.1, -0.05) is 30.5 Å². The predicted octanol–water partition coefficient (Wildman–Crippen LogP) is 6.88. The van der Waals surface area contributed by atoms with Crippen LogP contribution in [0.5, 0.6) is 0 Å². The van der Waals surface area contributed by atoms with E-state index in [1.165, 1.54) is 13.8 Å². The highest BCUT2D eigenvalue weighted by Crippen LogP contribution is 2.52. The number of hydrogen-bond acceptors (Lipinski definition) is 14. The molecule has 5 aromatic rings. The number of carbonyl (C=O) groups is 3. The van der Waals surface area contributed by atoms with Crippen LogP contribution in [0.4, 0.5) is 54.5 Å². The van der Waals surface area contributed by atoms with Crippen molar-refractivity contribution in [2.45, 2.75) is 87.7 Å². The Balaban J connectivity index is 1.47. The van der Waals surface area contributed by atoms with Gasteiger partial charge < -0.3 is 29.5 Å². The number of sulfone groups is 1. The normalized spacial score (nSPS) is 17.3. The van der Waals surface area contributed by atoms with E-state index in [4.69, 9.17) is 30.9 Å². The van der Waals surface area contributed by atoms with Crippen molar-refractivity contribution in [2.75, 3.05) is 43.4 Å². The molecule has 35 heteroatoms. The van der Waals surface area contributed by atoms with E-state index in [1.54, 1.807) is 0 Å². The second-order valence-electron chi connectivity index (χ2n) is 19.0. The van der Waals surface area contributed by atoms with Crippen molar-refractivity contribution in [1.29, 1.82) is 0 Å². The highest BCUT2D eigenvalue weighted by Gasteiger charge is 2.53. The van der Waals surface area contributed by atoms with E-state index in [-0.39, 0.29) is 24.9 Å². The molecule has 440 valence electrons. The number of aromatic nitrogens is 5. The number of phosphoric acid groups is 1. The van der Waals surface area contributed by atoms with Crippen LogP contribution in [0.15, 0.2) is 42.5 Å². The summed E-state index contributed by atoms with van der Waals surface area (Å²) in [5, 5.41) is 8.28. The molecule has 0 unspecified atom stereocenters. The number of anilines is 1. The molecule has 3 N–H and O–H groups in total. The van der Waals surface area contributed by atoms with Gasteiger partial charge in [0.25, 0.3) is 5.92 Å². The Labute approximate surface area is 457 Å². The number of rotatable bonds is 15. The third-order valence-corrected chi connectivity index (χ3v) is 16.2. The zero-order valence-electron chi connectivity index (χ0n) is 42.4. The summed E-state index contributed by atoms with van der Waals surface area (Å²) in [6, 6.07) is 0.627. The lowest BCUT2D eigenvalue weighted by Crippen LogP contribution is -2.58. The number of benzene rings is 2. The maximum Gasteiger partial charge on any atom is 0.472 e. The molecule has 7 rings (SSSR count). The van der Waals surface area contributed by atoms with Gasteiger partial charge in [0.15, 0.2) is 27.4 Å². The van der Waals surface area contributed by atoms with E-state index >= 15 is 8.78 Å². The summed E-state index contributed by atoms with van der Waals surface area (Å²) in [6.07, 6.45) is -11.2. The molecular formula is C46H44ClF10N8O13PS2. The molecule has 2 aliphatic rings. The first kappa shape index (κ1) is 62.2. The van der Waals surface area contributed by atoms with Gasteiger partial charge in [0.2, 0.25) is 22.7 Å². The topological polar surface area (TPSA) is 272 Å². The predicted molar refractivity (Wildman–Crippen MR) is 263 cm³/mol. The number of fused-ring (bicyclic) bond motifs is 2. The van der Waals surface area contributed by atoms with Crippen LogP contribution in [0.2, 0.25) is 5.02 Å². The van der Waals surface area contributed by atoms with Crippen molar-refractivity contribution < 1.29 is 103 Å². The SMILES string of the molecule is C[C@H]1CC(F)(F)c2c1c(C(F)(F)F)nn2CC(=O)N[C@@H](Cc1cc(F)cc(F)c1)c1nc(C#CC(C)(C)S(C)(=O)=O)ccc1-c1ccc(Cl)c2c(N(C(=O)N3CCOC[C@H]3C(=O)OCOP(=O)(O)O)S(C)(=O)=O)nn(CC(F)(F)F)c12. The zero-order chi connectivity index (χ0) is 60.3. The van der Waals surface area contributed by atoms with E-state index in [9.17, 15) is 70.9 Å². The molecule has 1 aliphatic heterocycles. The Morgan fingerprint density at radius 3 is 2.22 bits per heavy atom. The van der Waals surface area contributed by atoms with Crippen molar-refractivity contribution >= 4 is 73.9 Å². The molecule has 3 amide bonds. The Hall–Kier alpha value is -6.40. The maximum absolute atomic E-state index is 15.5. The molecule has 81 heavy (non-hydrogen) atoms. The van der Waals surface area contributed by atoms with Gasteiger partial charge in [-0.15, -0.1) is 0 Å². The molecule has 0 saturated carbocycles. The van der Waals surface area contributed by atoms with Crippen molar-refractivity contribution in [3.8, 4) is 23.0 Å². The fraction of sp³-hybridized carbons (Fsp3) is 0.435. The van der Waals surface area contributed by atoms with Gasteiger partial charge >= 0.3 is 32.2 Å². The summed E-state index contributed by atoms with van der Waals surface area (Å²) in [5.74, 6) is -6.75. The van der Waals surface area contributed by atoms with Crippen molar-refractivity contribution in [2.24, 2.45) is 0 Å². The minimum Gasteiger partial charge on any atom is -0.436 e. The van der Waals surface area contributed by atoms with Gasteiger partial charge in [-0.05, 0) is 68.0 Å². The van der Waals surface area contributed by atoms with Gasteiger partial charge in [0.1, 0.15) is 40.9 Å². The number of nitrogens with zero attached hydrogens (tertiary/aromatic N) is 7. The quantitative estimate of drug-likeness (QED) is 0.0317. The van der Waals surface area contributed by atoms with E-state index < -0.39 is 206 Å². The molecule has 2 aromatic carbocycles. The van der Waals surface area contributed by atoms with Crippen LogP contribution >= 0.6 is 19.4 Å². The minimum atomic E-state index is -5.29. The van der Waals surface area contributed by atoms with Gasteiger partial charge in [-0.3, -0.25) is 14.2 Å². The number of pyridine rings is 1. The minimum absolute atomic E-state index is 0.122. The van der Waals surface area contributed by atoms with Crippen molar-refractivity contribution in [3.05, 3.63) is 93.0 Å². The van der Waals surface area contributed by atoms with Crippen molar-refractivity contribution in [1.82, 2.24) is 34.8 Å². The number of ether oxygens (including phenoxy) is 2. The Morgan fingerprint density at radius 2 is 1.63 bits per heavy atom.